The SMILES string of the molecule is COc1ccc(CNc2ncnc3c2[nH]c2ccc(OC)cc23)cc1. The summed E-state index contributed by atoms with van der Waals surface area (Å²) in [5.74, 6) is 2.42. The van der Waals surface area contributed by atoms with Crippen molar-refractivity contribution in [3.05, 3.63) is 54.4 Å². The third kappa shape index (κ3) is 2.82. The third-order valence-electron chi connectivity index (χ3n) is 4.21. The summed E-state index contributed by atoms with van der Waals surface area (Å²) in [7, 11) is 3.32. The molecule has 2 N–H and O–H groups in total. The molecule has 2 heterocycles. The molecule has 4 aromatic rings. The number of aromatic amines is 1. The fourth-order valence-electron chi connectivity index (χ4n) is 2.86. The summed E-state index contributed by atoms with van der Waals surface area (Å²) in [5, 5.41) is 4.39. The number of methoxy groups -OCH3 is 2. The molecule has 0 radical (unpaired) electrons. The first kappa shape index (κ1) is 15.3. The van der Waals surface area contributed by atoms with E-state index < -0.39 is 0 Å². The number of fused-ring (bicyclic) bond motifs is 3. The quantitative estimate of drug-likeness (QED) is 0.582. The highest BCUT2D eigenvalue weighted by Crippen LogP contribution is 2.30. The summed E-state index contributed by atoms with van der Waals surface area (Å²) in [6.45, 7) is 0.662. The van der Waals surface area contributed by atoms with Crippen LogP contribution in [0.4, 0.5) is 5.82 Å². The van der Waals surface area contributed by atoms with E-state index in [4.69, 9.17) is 9.47 Å². The summed E-state index contributed by atoms with van der Waals surface area (Å²) in [6.07, 6.45) is 1.57. The van der Waals surface area contributed by atoms with Crippen LogP contribution in [0, 0.1) is 0 Å². The summed E-state index contributed by atoms with van der Waals surface area (Å²) < 4.78 is 10.5. The smallest absolute Gasteiger partial charge is 0.154 e. The molecular weight excluding hydrogens is 316 g/mol. The number of anilines is 1. The Morgan fingerprint density at radius 3 is 2.48 bits per heavy atom. The van der Waals surface area contributed by atoms with E-state index in [0.29, 0.717) is 6.54 Å². The van der Waals surface area contributed by atoms with E-state index in [1.807, 2.05) is 42.5 Å². The van der Waals surface area contributed by atoms with E-state index in [2.05, 4.69) is 20.3 Å². The third-order valence-corrected chi connectivity index (χ3v) is 4.21. The number of hydrogen-bond acceptors (Lipinski definition) is 5. The molecule has 0 unspecified atom stereocenters. The largest absolute Gasteiger partial charge is 0.497 e. The van der Waals surface area contributed by atoms with Crippen LogP contribution >= 0.6 is 0 Å². The van der Waals surface area contributed by atoms with Crippen molar-refractivity contribution in [3.8, 4) is 11.5 Å². The Balaban J connectivity index is 1.67. The van der Waals surface area contributed by atoms with Gasteiger partial charge >= 0.3 is 0 Å². The summed E-state index contributed by atoms with van der Waals surface area (Å²) in [5.41, 5.74) is 3.91. The number of H-pyrrole nitrogens is 1. The molecule has 0 aliphatic heterocycles. The van der Waals surface area contributed by atoms with Gasteiger partial charge in [0, 0.05) is 17.4 Å². The molecule has 0 fully saturated rings. The maximum absolute atomic E-state index is 5.31. The highest BCUT2D eigenvalue weighted by molar-refractivity contribution is 6.08. The molecule has 2 aromatic carbocycles. The van der Waals surface area contributed by atoms with Crippen molar-refractivity contribution >= 4 is 27.8 Å². The minimum Gasteiger partial charge on any atom is -0.497 e. The van der Waals surface area contributed by atoms with Crippen molar-refractivity contribution in [1.82, 2.24) is 15.0 Å². The monoisotopic (exact) mass is 334 g/mol. The fourth-order valence-corrected chi connectivity index (χ4v) is 2.86. The van der Waals surface area contributed by atoms with Crippen LogP contribution in [-0.4, -0.2) is 29.2 Å². The Labute approximate surface area is 144 Å². The summed E-state index contributed by atoms with van der Waals surface area (Å²) in [4.78, 5) is 12.2. The molecule has 4 rings (SSSR count). The average Bonchev–Trinajstić information content (AvgIpc) is 3.05. The van der Waals surface area contributed by atoms with Crippen LogP contribution in [0.5, 0.6) is 11.5 Å². The fraction of sp³-hybridized carbons (Fsp3) is 0.158. The molecule has 0 bridgehead atoms. The average molecular weight is 334 g/mol. The van der Waals surface area contributed by atoms with Gasteiger partial charge in [-0.25, -0.2) is 9.97 Å². The van der Waals surface area contributed by atoms with Crippen LogP contribution < -0.4 is 14.8 Å². The maximum atomic E-state index is 5.31. The van der Waals surface area contributed by atoms with Crippen molar-refractivity contribution < 1.29 is 9.47 Å². The summed E-state index contributed by atoms with van der Waals surface area (Å²) in [6, 6.07) is 13.8. The van der Waals surface area contributed by atoms with Gasteiger partial charge in [-0.05, 0) is 35.9 Å². The van der Waals surface area contributed by atoms with Gasteiger partial charge in [0.2, 0.25) is 0 Å². The predicted octanol–water partition coefficient (Wildman–Crippen LogP) is 3.74. The lowest BCUT2D eigenvalue weighted by atomic mass is 10.2. The molecule has 25 heavy (non-hydrogen) atoms. The number of nitrogens with one attached hydrogen (secondary N) is 2. The Kier molecular flexibility index (Phi) is 3.85. The van der Waals surface area contributed by atoms with E-state index in [1.54, 1.807) is 20.5 Å². The van der Waals surface area contributed by atoms with Crippen LogP contribution in [-0.2, 0) is 6.54 Å². The second kappa shape index (κ2) is 6.32. The van der Waals surface area contributed by atoms with Crippen molar-refractivity contribution in [2.75, 3.05) is 19.5 Å². The minimum atomic E-state index is 0.662. The molecule has 0 saturated heterocycles. The molecule has 6 nitrogen and oxygen atoms in total. The Hall–Kier alpha value is -3.28. The normalized spacial score (nSPS) is 11.0. The van der Waals surface area contributed by atoms with E-state index in [9.17, 15) is 0 Å². The Morgan fingerprint density at radius 1 is 0.960 bits per heavy atom. The Bertz CT molecular complexity index is 1020. The zero-order valence-corrected chi connectivity index (χ0v) is 14.0. The number of hydrogen-bond donors (Lipinski definition) is 2. The highest BCUT2D eigenvalue weighted by atomic mass is 16.5. The second-order valence-electron chi connectivity index (χ2n) is 5.68. The van der Waals surface area contributed by atoms with Gasteiger partial charge in [0.15, 0.2) is 5.82 Å². The number of nitrogens with zero attached hydrogens (tertiary/aromatic N) is 2. The van der Waals surface area contributed by atoms with Crippen molar-refractivity contribution in [3.63, 3.8) is 0 Å². The molecule has 0 spiro atoms. The second-order valence-corrected chi connectivity index (χ2v) is 5.68. The molecular formula is C19H18N4O2. The number of ether oxygens (including phenoxy) is 2. The first-order valence-electron chi connectivity index (χ1n) is 7.95. The standard InChI is InChI=1S/C19H18N4O2/c1-24-13-5-3-12(4-6-13)10-20-19-18-17(21-11-22-19)15-9-14(25-2)7-8-16(15)23-18/h3-9,11,23H,10H2,1-2H3,(H,20,21,22). The molecule has 0 aliphatic carbocycles. The predicted molar refractivity (Wildman–Crippen MR) is 98.3 cm³/mol. The lowest BCUT2D eigenvalue weighted by molar-refractivity contribution is 0.414. The molecule has 2 aromatic heterocycles. The topological polar surface area (TPSA) is 72.1 Å². The zero-order chi connectivity index (χ0) is 17.2. The van der Waals surface area contributed by atoms with Gasteiger partial charge in [-0.15, -0.1) is 0 Å². The van der Waals surface area contributed by atoms with Gasteiger partial charge in [0.25, 0.3) is 0 Å². The van der Waals surface area contributed by atoms with E-state index in [0.717, 1.165) is 44.8 Å². The van der Waals surface area contributed by atoms with Gasteiger partial charge in [-0.3, -0.25) is 0 Å². The van der Waals surface area contributed by atoms with Crippen molar-refractivity contribution in [2.45, 2.75) is 6.54 Å². The molecule has 0 atom stereocenters. The van der Waals surface area contributed by atoms with Crippen LogP contribution in [0.1, 0.15) is 5.56 Å². The molecule has 6 heteroatoms. The van der Waals surface area contributed by atoms with Gasteiger partial charge < -0.3 is 19.8 Å². The first-order chi connectivity index (χ1) is 12.3. The van der Waals surface area contributed by atoms with Gasteiger partial charge in [-0.1, -0.05) is 12.1 Å². The molecule has 0 saturated carbocycles. The molecule has 0 amide bonds. The van der Waals surface area contributed by atoms with Crippen LogP contribution in [0.2, 0.25) is 0 Å². The van der Waals surface area contributed by atoms with Crippen molar-refractivity contribution in [2.24, 2.45) is 0 Å². The van der Waals surface area contributed by atoms with Crippen LogP contribution in [0.15, 0.2) is 48.8 Å². The Morgan fingerprint density at radius 2 is 1.72 bits per heavy atom. The number of aromatic nitrogens is 3. The van der Waals surface area contributed by atoms with E-state index in [1.165, 1.54) is 0 Å². The first-order valence-corrected chi connectivity index (χ1v) is 7.95. The lowest BCUT2D eigenvalue weighted by Crippen LogP contribution is -2.02. The number of benzene rings is 2. The van der Waals surface area contributed by atoms with E-state index >= 15 is 0 Å². The molecule has 0 aliphatic rings. The van der Waals surface area contributed by atoms with Crippen LogP contribution in [0.25, 0.3) is 21.9 Å². The molecule has 126 valence electrons. The van der Waals surface area contributed by atoms with Crippen LogP contribution in [0.3, 0.4) is 0 Å². The van der Waals surface area contributed by atoms with E-state index in [-0.39, 0.29) is 0 Å². The van der Waals surface area contributed by atoms with Crippen molar-refractivity contribution in [1.29, 1.82) is 0 Å². The minimum absolute atomic E-state index is 0.662. The van der Waals surface area contributed by atoms with Gasteiger partial charge in [-0.2, -0.15) is 0 Å². The maximum Gasteiger partial charge on any atom is 0.154 e. The van der Waals surface area contributed by atoms with Gasteiger partial charge in [0.1, 0.15) is 28.9 Å². The zero-order valence-electron chi connectivity index (χ0n) is 14.0. The number of rotatable bonds is 5. The highest BCUT2D eigenvalue weighted by Gasteiger charge is 2.11. The summed E-state index contributed by atoms with van der Waals surface area (Å²) >= 11 is 0. The van der Waals surface area contributed by atoms with Gasteiger partial charge in [0.05, 0.1) is 14.2 Å². The lowest BCUT2D eigenvalue weighted by Gasteiger charge is -2.07.